The fraction of sp³-hybridized carbons (Fsp3) is 0. The maximum absolute atomic E-state index is 10.6. The molecule has 0 saturated carbocycles. The van der Waals surface area contributed by atoms with E-state index in [-0.39, 0.29) is 10.6 Å². The molecule has 0 aliphatic rings. The number of carboxylic acid groups (broad SMARTS) is 1. The van der Waals surface area contributed by atoms with Crippen LogP contribution in [-0.2, 0) is 0 Å². The van der Waals surface area contributed by atoms with Crippen molar-refractivity contribution in [1.29, 1.82) is 0 Å². The van der Waals surface area contributed by atoms with Crippen molar-refractivity contribution in [2.24, 2.45) is 0 Å². The highest BCUT2D eigenvalue weighted by Gasteiger charge is 2.16. The summed E-state index contributed by atoms with van der Waals surface area (Å²) in [5.41, 5.74) is 0. The average Bonchev–Trinajstić information content (AvgIpc) is 2.45. The Morgan fingerprint density at radius 2 is 2.31 bits per heavy atom. The first-order valence-corrected chi connectivity index (χ1v) is 4.30. The van der Waals surface area contributed by atoms with E-state index in [4.69, 9.17) is 5.11 Å². The molecule has 0 fully saturated rings. The highest BCUT2D eigenvalue weighted by Crippen LogP contribution is 2.35. The summed E-state index contributed by atoms with van der Waals surface area (Å²) in [5, 5.41) is 18.7. The van der Waals surface area contributed by atoms with Gasteiger partial charge in [0.15, 0.2) is 4.88 Å². The number of aromatic nitrogens is 1. The van der Waals surface area contributed by atoms with Crippen LogP contribution in [0.4, 0.5) is 0 Å². The third kappa shape index (κ3) is 1.13. The highest BCUT2D eigenvalue weighted by atomic mass is 32.1. The van der Waals surface area contributed by atoms with Gasteiger partial charge in [0.1, 0.15) is 5.75 Å². The standard InChI is InChI=1S/C8H5NO3S/c10-6-4-1-2-9-3-5(4)13-7(6)8(11)12/h1-3,10H,(H,11,12). The molecule has 0 aromatic carbocycles. The van der Waals surface area contributed by atoms with Crippen LogP contribution in [0.5, 0.6) is 5.75 Å². The molecule has 5 heteroatoms. The third-order valence-corrected chi connectivity index (χ3v) is 2.78. The molecule has 2 aromatic heterocycles. The lowest BCUT2D eigenvalue weighted by molar-refractivity contribution is 0.0699. The number of aromatic carboxylic acids is 1. The first kappa shape index (κ1) is 8.00. The molecular weight excluding hydrogens is 190 g/mol. The van der Waals surface area contributed by atoms with E-state index in [0.29, 0.717) is 10.1 Å². The number of carbonyl (C=O) groups is 1. The molecule has 2 aromatic rings. The van der Waals surface area contributed by atoms with E-state index in [0.717, 1.165) is 11.3 Å². The van der Waals surface area contributed by atoms with Gasteiger partial charge >= 0.3 is 5.97 Å². The minimum atomic E-state index is -1.11. The van der Waals surface area contributed by atoms with Crippen molar-refractivity contribution in [2.75, 3.05) is 0 Å². The Balaban J connectivity index is 2.81. The van der Waals surface area contributed by atoms with Gasteiger partial charge in [0, 0.05) is 17.8 Å². The van der Waals surface area contributed by atoms with E-state index in [2.05, 4.69) is 4.98 Å². The fourth-order valence-corrected chi connectivity index (χ4v) is 1.98. The second-order valence-electron chi connectivity index (χ2n) is 2.46. The van der Waals surface area contributed by atoms with Crippen LogP contribution in [0.2, 0.25) is 0 Å². The molecule has 0 radical (unpaired) electrons. The summed E-state index contributed by atoms with van der Waals surface area (Å²) >= 11 is 1.02. The lowest BCUT2D eigenvalue weighted by Gasteiger charge is -1.88. The van der Waals surface area contributed by atoms with Gasteiger partial charge < -0.3 is 10.2 Å². The lowest BCUT2D eigenvalue weighted by Crippen LogP contribution is -1.90. The topological polar surface area (TPSA) is 70.4 Å². The average molecular weight is 195 g/mol. The zero-order valence-corrected chi connectivity index (χ0v) is 7.21. The van der Waals surface area contributed by atoms with Crippen molar-refractivity contribution < 1.29 is 15.0 Å². The summed E-state index contributed by atoms with van der Waals surface area (Å²) in [6, 6.07) is 1.59. The molecule has 0 spiro atoms. The number of fused-ring (bicyclic) bond motifs is 1. The van der Waals surface area contributed by atoms with Crippen molar-refractivity contribution in [3.63, 3.8) is 0 Å². The first-order chi connectivity index (χ1) is 6.20. The number of thiophene rings is 1. The van der Waals surface area contributed by atoms with Crippen LogP contribution < -0.4 is 0 Å². The molecule has 0 aliphatic carbocycles. The summed E-state index contributed by atoms with van der Waals surface area (Å²) in [6.45, 7) is 0. The van der Waals surface area contributed by atoms with Crippen LogP contribution in [0.25, 0.3) is 10.1 Å². The number of aromatic hydroxyl groups is 1. The maximum atomic E-state index is 10.6. The SMILES string of the molecule is O=C(O)c1sc2cnccc2c1O. The van der Waals surface area contributed by atoms with Gasteiger partial charge in [-0.2, -0.15) is 0 Å². The Hall–Kier alpha value is -1.62. The quantitative estimate of drug-likeness (QED) is 0.726. The van der Waals surface area contributed by atoms with E-state index < -0.39 is 5.97 Å². The van der Waals surface area contributed by atoms with Gasteiger partial charge in [-0.1, -0.05) is 0 Å². The van der Waals surface area contributed by atoms with Crippen LogP contribution >= 0.6 is 11.3 Å². The summed E-state index contributed by atoms with van der Waals surface area (Å²) in [6.07, 6.45) is 3.05. The Bertz CT molecular complexity index is 477. The molecule has 13 heavy (non-hydrogen) atoms. The molecule has 0 saturated heterocycles. The van der Waals surface area contributed by atoms with Crippen LogP contribution in [0.3, 0.4) is 0 Å². The number of pyridine rings is 1. The summed E-state index contributed by atoms with van der Waals surface area (Å²) in [7, 11) is 0. The van der Waals surface area contributed by atoms with E-state index in [1.54, 1.807) is 6.07 Å². The molecule has 2 N–H and O–H groups in total. The van der Waals surface area contributed by atoms with Gasteiger partial charge in [-0.3, -0.25) is 4.98 Å². The minimum absolute atomic E-state index is 0.0389. The number of hydrogen-bond acceptors (Lipinski definition) is 4. The molecule has 2 heterocycles. The fourth-order valence-electron chi connectivity index (χ4n) is 1.08. The zero-order valence-electron chi connectivity index (χ0n) is 6.39. The van der Waals surface area contributed by atoms with Gasteiger partial charge in [0.25, 0.3) is 0 Å². The predicted molar refractivity (Wildman–Crippen MR) is 48.2 cm³/mol. The number of rotatable bonds is 1. The van der Waals surface area contributed by atoms with Gasteiger partial charge in [0.2, 0.25) is 0 Å². The molecular formula is C8H5NO3S. The Morgan fingerprint density at radius 1 is 1.54 bits per heavy atom. The zero-order chi connectivity index (χ0) is 9.42. The smallest absolute Gasteiger partial charge is 0.349 e. The third-order valence-electron chi connectivity index (χ3n) is 1.66. The number of carboxylic acids is 1. The molecule has 0 aliphatic heterocycles. The molecule has 2 rings (SSSR count). The second kappa shape index (κ2) is 2.70. The van der Waals surface area contributed by atoms with Crippen LogP contribution in [-0.4, -0.2) is 21.2 Å². The van der Waals surface area contributed by atoms with Crippen molar-refractivity contribution in [3.8, 4) is 5.75 Å². The second-order valence-corrected chi connectivity index (χ2v) is 3.51. The largest absolute Gasteiger partial charge is 0.505 e. The minimum Gasteiger partial charge on any atom is -0.505 e. The van der Waals surface area contributed by atoms with Gasteiger partial charge in [-0.25, -0.2) is 4.79 Å². The van der Waals surface area contributed by atoms with Gasteiger partial charge in [-0.05, 0) is 6.07 Å². The van der Waals surface area contributed by atoms with Crippen molar-refractivity contribution >= 4 is 27.4 Å². The summed E-state index contributed by atoms with van der Waals surface area (Å²) in [4.78, 5) is 14.4. The molecule has 4 nitrogen and oxygen atoms in total. The Morgan fingerprint density at radius 3 is 2.92 bits per heavy atom. The monoisotopic (exact) mass is 195 g/mol. The Labute approximate surface area is 77.1 Å². The molecule has 0 amide bonds. The lowest BCUT2D eigenvalue weighted by atomic mass is 10.3. The molecule has 0 unspecified atom stereocenters. The van der Waals surface area contributed by atoms with E-state index in [1.165, 1.54) is 12.4 Å². The van der Waals surface area contributed by atoms with Gasteiger partial charge in [0.05, 0.1) is 4.70 Å². The summed E-state index contributed by atoms with van der Waals surface area (Å²) < 4.78 is 0.678. The van der Waals surface area contributed by atoms with Crippen LogP contribution in [0.1, 0.15) is 9.67 Å². The number of nitrogens with zero attached hydrogens (tertiary/aromatic N) is 1. The molecule has 0 bridgehead atoms. The van der Waals surface area contributed by atoms with Crippen LogP contribution in [0, 0.1) is 0 Å². The molecule has 0 atom stereocenters. The van der Waals surface area contributed by atoms with Crippen molar-refractivity contribution in [1.82, 2.24) is 4.98 Å². The Kier molecular flexibility index (Phi) is 1.66. The van der Waals surface area contributed by atoms with E-state index in [1.807, 2.05) is 0 Å². The van der Waals surface area contributed by atoms with Gasteiger partial charge in [-0.15, -0.1) is 11.3 Å². The highest BCUT2D eigenvalue weighted by molar-refractivity contribution is 7.21. The van der Waals surface area contributed by atoms with E-state index in [9.17, 15) is 9.90 Å². The normalized spacial score (nSPS) is 10.5. The first-order valence-electron chi connectivity index (χ1n) is 3.49. The molecule has 66 valence electrons. The summed E-state index contributed by atoms with van der Waals surface area (Å²) in [5.74, 6) is -1.28. The van der Waals surface area contributed by atoms with E-state index >= 15 is 0 Å². The van der Waals surface area contributed by atoms with Crippen molar-refractivity contribution in [3.05, 3.63) is 23.3 Å². The number of hydrogen-bond donors (Lipinski definition) is 2. The van der Waals surface area contributed by atoms with Crippen LogP contribution in [0.15, 0.2) is 18.5 Å². The maximum Gasteiger partial charge on any atom is 0.349 e. The predicted octanol–water partition coefficient (Wildman–Crippen LogP) is 1.70. The van der Waals surface area contributed by atoms with Crippen molar-refractivity contribution in [2.45, 2.75) is 0 Å².